The first-order valence-electron chi connectivity index (χ1n) is 18.9. The van der Waals surface area contributed by atoms with Crippen molar-refractivity contribution in [2.45, 2.75) is 142 Å². The van der Waals surface area contributed by atoms with E-state index in [4.69, 9.17) is 14.2 Å². The number of allylic oxidation sites excluding steroid dienone is 10. The van der Waals surface area contributed by atoms with Gasteiger partial charge in [-0.2, -0.15) is 0 Å². The predicted octanol–water partition coefficient (Wildman–Crippen LogP) is 9.46. The maximum absolute atomic E-state index is 12.6. The van der Waals surface area contributed by atoms with E-state index in [-0.39, 0.29) is 42.7 Å². The lowest BCUT2D eigenvalue weighted by Gasteiger charge is -2.31. The van der Waals surface area contributed by atoms with Crippen molar-refractivity contribution in [3.8, 4) is 0 Å². The molecule has 0 aliphatic carbocycles. The fourth-order valence-electron chi connectivity index (χ4n) is 5.03. The highest BCUT2D eigenvalue weighted by molar-refractivity contribution is 5.72. The van der Waals surface area contributed by atoms with E-state index in [9.17, 15) is 19.5 Å². The predicted molar refractivity (Wildman–Crippen MR) is 201 cm³/mol. The van der Waals surface area contributed by atoms with E-state index in [1.165, 1.54) is 32.1 Å². The van der Waals surface area contributed by atoms with Crippen molar-refractivity contribution in [2.24, 2.45) is 0 Å². The van der Waals surface area contributed by atoms with Crippen molar-refractivity contribution >= 4 is 17.9 Å². The van der Waals surface area contributed by atoms with Crippen LogP contribution in [0.1, 0.15) is 129 Å². The van der Waals surface area contributed by atoms with E-state index in [1.54, 1.807) is 0 Å². The summed E-state index contributed by atoms with van der Waals surface area (Å²) in [5.74, 6) is -1.54. The second-order valence-corrected chi connectivity index (χ2v) is 13.5. The lowest BCUT2D eigenvalue weighted by molar-refractivity contribution is -0.887. The molecule has 8 nitrogen and oxygen atoms in total. The summed E-state index contributed by atoms with van der Waals surface area (Å²) < 4.78 is 17.1. The van der Waals surface area contributed by atoms with Crippen LogP contribution in [-0.2, 0) is 28.6 Å². The fourth-order valence-corrected chi connectivity index (χ4v) is 5.03. The summed E-state index contributed by atoms with van der Waals surface area (Å²) in [6.45, 7) is 4.49. The van der Waals surface area contributed by atoms with Gasteiger partial charge in [0.15, 0.2) is 12.1 Å². The van der Waals surface area contributed by atoms with E-state index in [0.717, 1.165) is 57.8 Å². The van der Waals surface area contributed by atoms with Gasteiger partial charge in [0, 0.05) is 19.3 Å². The molecule has 8 heteroatoms. The maximum Gasteiger partial charge on any atom is 0.362 e. The second kappa shape index (κ2) is 32.2. The number of carbonyl (C=O) groups excluding carboxylic acids is 2. The first-order valence-corrected chi connectivity index (χ1v) is 18.9. The number of aliphatic carboxylic acids is 1. The Morgan fingerprint density at radius 1 is 0.633 bits per heavy atom. The van der Waals surface area contributed by atoms with E-state index >= 15 is 0 Å². The van der Waals surface area contributed by atoms with Gasteiger partial charge in [-0.1, -0.05) is 113 Å². The number of carboxylic acid groups (broad SMARTS) is 1. The van der Waals surface area contributed by atoms with Crippen molar-refractivity contribution in [2.75, 3.05) is 41.0 Å². The minimum Gasteiger partial charge on any atom is -0.477 e. The number of unbranched alkanes of at least 4 members (excludes halogenated alkanes) is 11. The number of carbonyl (C=O) groups is 3. The van der Waals surface area contributed by atoms with Gasteiger partial charge in [0.1, 0.15) is 6.61 Å². The van der Waals surface area contributed by atoms with E-state index in [1.807, 2.05) is 57.6 Å². The molecule has 2 unspecified atom stereocenters. The van der Waals surface area contributed by atoms with E-state index in [0.29, 0.717) is 19.3 Å². The molecule has 0 rings (SSSR count). The van der Waals surface area contributed by atoms with Crippen molar-refractivity contribution in [1.82, 2.24) is 0 Å². The van der Waals surface area contributed by atoms with Crippen LogP contribution in [0.2, 0.25) is 0 Å². The summed E-state index contributed by atoms with van der Waals surface area (Å²) in [6.07, 6.45) is 36.9. The van der Waals surface area contributed by atoms with Gasteiger partial charge >= 0.3 is 17.9 Å². The van der Waals surface area contributed by atoms with Gasteiger partial charge in [-0.15, -0.1) is 0 Å². The normalized spacial score (nSPS) is 13.7. The molecule has 0 aromatic rings. The molecule has 49 heavy (non-hydrogen) atoms. The van der Waals surface area contributed by atoms with E-state index < -0.39 is 18.1 Å². The number of ether oxygens (including phenoxy) is 3. The smallest absolute Gasteiger partial charge is 0.362 e. The minimum atomic E-state index is -0.887. The summed E-state index contributed by atoms with van der Waals surface area (Å²) in [6, 6.07) is -0.624. The molecule has 0 saturated carbocycles. The topological polar surface area (TPSA) is 99.1 Å². The SMILES string of the molecule is CC/C=C/C=C/C=C/C=C/CCCCCC(=O)OC(COCCC(C(=O)O)[N+](C)(C)C)COC(=O)CCCCCCC/C=C/CCCCC. The number of hydrogen-bond donors (Lipinski definition) is 1. The Morgan fingerprint density at radius 3 is 1.78 bits per heavy atom. The van der Waals surface area contributed by atoms with Crippen molar-refractivity contribution in [1.29, 1.82) is 0 Å². The van der Waals surface area contributed by atoms with Crippen molar-refractivity contribution < 1.29 is 38.2 Å². The zero-order valence-corrected chi connectivity index (χ0v) is 31.6. The quantitative estimate of drug-likeness (QED) is 0.0247. The van der Waals surface area contributed by atoms with Gasteiger partial charge in [0.25, 0.3) is 0 Å². The number of esters is 2. The maximum atomic E-state index is 12.6. The van der Waals surface area contributed by atoms with Gasteiger partial charge in [-0.25, -0.2) is 4.79 Å². The van der Waals surface area contributed by atoms with Crippen LogP contribution in [-0.4, -0.2) is 80.6 Å². The Balaban J connectivity index is 4.54. The number of carboxylic acids is 1. The number of likely N-dealkylation sites (N-methyl/N-ethyl adjacent to an activating group) is 1. The molecule has 0 fully saturated rings. The summed E-state index contributed by atoms with van der Waals surface area (Å²) in [7, 11) is 5.49. The van der Waals surface area contributed by atoms with E-state index in [2.05, 4.69) is 38.2 Å². The largest absolute Gasteiger partial charge is 0.477 e. The number of rotatable bonds is 32. The standard InChI is InChI=1S/C41H69NO7/c1-6-8-10-12-14-16-18-20-22-24-26-28-30-32-40(44)49-37(35-47-34-33-38(41(45)46)42(3,4)5)36-48-39(43)31-29-27-25-23-21-19-17-15-13-11-9-7-2/h8,10,12,14-18,20,22,37-38H,6-7,9,11,13,19,21,23-36H2,1-5H3/p+1/b10-8+,14-12+,17-15+,18-16+,22-20+. The molecular formula is C41H70NO7+. The number of nitrogens with zero attached hydrogens (tertiary/aromatic N) is 1. The molecule has 0 heterocycles. The lowest BCUT2D eigenvalue weighted by atomic mass is 10.1. The monoisotopic (exact) mass is 689 g/mol. The Kier molecular flexibility index (Phi) is 30.3. The lowest BCUT2D eigenvalue weighted by Crippen LogP contribution is -2.50. The highest BCUT2D eigenvalue weighted by Crippen LogP contribution is 2.12. The average molecular weight is 689 g/mol. The molecule has 0 spiro atoms. The molecule has 0 radical (unpaired) electrons. The van der Waals surface area contributed by atoms with Crippen LogP contribution in [0.3, 0.4) is 0 Å². The zero-order chi connectivity index (χ0) is 36.4. The third-order valence-corrected chi connectivity index (χ3v) is 8.00. The summed E-state index contributed by atoms with van der Waals surface area (Å²) in [4.78, 5) is 36.7. The molecular weight excluding hydrogens is 618 g/mol. The number of hydrogen-bond acceptors (Lipinski definition) is 6. The third-order valence-electron chi connectivity index (χ3n) is 8.00. The molecule has 1 N–H and O–H groups in total. The molecule has 280 valence electrons. The first-order chi connectivity index (χ1) is 23.6. The number of quaternary nitrogens is 1. The Morgan fingerprint density at radius 2 is 1.16 bits per heavy atom. The molecule has 2 atom stereocenters. The van der Waals surface area contributed by atoms with Gasteiger partial charge in [-0.05, 0) is 57.8 Å². The van der Waals surface area contributed by atoms with Crippen molar-refractivity contribution in [3.05, 3.63) is 60.8 Å². The summed E-state index contributed by atoms with van der Waals surface area (Å²) in [5.41, 5.74) is 0. The van der Waals surface area contributed by atoms with Gasteiger partial charge in [0.2, 0.25) is 0 Å². The van der Waals surface area contributed by atoms with Crippen LogP contribution >= 0.6 is 0 Å². The molecule has 0 bridgehead atoms. The molecule has 0 aliphatic rings. The second-order valence-electron chi connectivity index (χ2n) is 13.5. The fraction of sp³-hybridized carbons (Fsp3) is 0.683. The van der Waals surface area contributed by atoms with Crippen LogP contribution in [0.4, 0.5) is 0 Å². The average Bonchev–Trinajstić information content (AvgIpc) is 3.05. The van der Waals surface area contributed by atoms with Gasteiger partial charge < -0.3 is 23.8 Å². The first kappa shape index (κ1) is 46.0. The van der Waals surface area contributed by atoms with Crippen LogP contribution < -0.4 is 0 Å². The summed E-state index contributed by atoms with van der Waals surface area (Å²) >= 11 is 0. The highest BCUT2D eigenvalue weighted by atomic mass is 16.6. The Bertz CT molecular complexity index is 990. The van der Waals surface area contributed by atoms with Crippen LogP contribution in [0, 0.1) is 0 Å². The van der Waals surface area contributed by atoms with Crippen molar-refractivity contribution in [3.63, 3.8) is 0 Å². The molecule has 0 aliphatic heterocycles. The third kappa shape index (κ3) is 30.8. The summed E-state index contributed by atoms with van der Waals surface area (Å²) in [5, 5.41) is 9.57. The molecule has 0 saturated heterocycles. The van der Waals surface area contributed by atoms with Crippen LogP contribution in [0.25, 0.3) is 0 Å². The Hall–Kier alpha value is -2.97. The Labute approximate surface area is 298 Å². The minimum absolute atomic E-state index is 0.0396. The van der Waals surface area contributed by atoms with Gasteiger partial charge in [-0.3, -0.25) is 9.59 Å². The molecule has 0 aromatic carbocycles. The highest BCUT2D eigenvalue weighted by Gasteiger charge is 2.31. The van der Waals surface area contributed by atoms with Gasteiger partial charge in [0.05, 0.1) is 34.4 Å². The van der Waals surface area contributed by atoms with Crippen LogP contribution in [0.15, 0.2) is 60.8 Å². The zero-order valence-electron chi connectivity index (χ0n) is 31.6. The molecule has 0 aromatic heterocycles. The molecule has 0 amide bonds. The van der Waals surface area contributed by atoms with Crippen LogP contribution in [0.5, 0.6) is 0 Å².